The van der Waals surface area contributed by atoms with Gasteiger partial charge in [0, 0.05) is 40.3 Å². The monoisotopic (exact) mass is 400 g/mol. The Morgan fingerprint density at radius 1 is 1.08 bits per heavy atom. The van der Waals surface area contributed by atoms with Crippen molar-refractivity contribution in [2.24, 2.45) is 4.99 Å². The highest BCUT2D eigenvalue weighted by molar-refractivity contribution is 6.70. The molecule has 1 aliphatic heterocycles. The number of anilines is 1. The maximum absolute atomic E-state index is 6.49. The van der Waals surface area contributed by atoms with E-state index in [0.717, 1.165) is 41.3 Å². The van der Waals surface area contributed by atoms with Crippen LogP contribution < -0.4 is 4.90 Å². The lowest BCUT2D eigenvalue weighted by Crippen LogP contribution is -2.33. The van der Waals surface area contributed by atoms with E-state index < -0.39 is 0 Å². The van der Waals surface area contributed by atoms with Crippen molar-refractivity contribution in [1.29, 1.82) is 0 Å². The zero-order chi connectivity index (χ0) is 17.1. The van der Waals surface area contributed by atoms with E-state index in [2.05, 4.69) is 4.90 Å². The summed E-state index contributed by atoms with van der Waals surface area (Å²) in [6.07, 6.45) is 0.719. The molecule has 0 bridgehead atoms. The highest BCUT2D eigenvalue weighted by atomic mass is 35.5. The molecule has 6 heteroatoms. The van der Waals surface area contributed by atoms with Gasteiger partial charge in [0.1, 0.15) is 5.17 Å². The van der Waals surface area contributed by atoms with Gasteiger partial charge in [0.15, 0.2) is 0 Å². The maximum atomic E-state index is 6.49. The molecule has 0 amide bonds. The van der Waals surface area contributed by atoms with Crippen molar-refractivity contribution in [3.05, 3.63) is 63.6 Å². The summed E-state index contributed by atoms with van der Waals surface area (Å²) in [6.45, 7) is 1.44. The van der Waals surface area contributed by atoms with Crippen LogP contribution in [-0.2, 0) is 6.42 Å². The zero-order valence-corrected chi connectivity index (χ0v) is 15.9. The van der Waals surface area contributed by atoms with Gasteiger partial charge in [0.25, 0.3) is 0 Å². The number of rotatable bonds is 4. The van der Waals surface area contributed by atoms with Crippen LogP contribution in [0.4, 0.5) is 5.69 Å². The van der Waals surface area contributed by atoms with Crippen LogP contribution in [0.15, 0.2) is 47.5 Å². The Balaban J connectivity index is 1.95. The minimum absolute atomic E-state index is 0.00760. The second-order valence-corrected chi connectivity index (χ2v) is 7.25. The van der Waals surface area contributed by atoms with E-state index in [1.54, 1.807) is 0 Å². The number of halogens is 4. The summed E-state index contributed by atoms with van der Waals surface area (Å²) in [6, 6.07) is 13.5. The van der Waals surface area contributed by atoms with Gasteiger partial charge in [-0.15, -0.1) is 11.6 Å². The predicted molar refractivity (Wildman–Crippen MR) is 106 cm³/mol. The van der Waals surface area contributed by atoms with Gasteiger partial charge in [-0.1, -0.05) is 53.0 Å². The molecule has 0 aliphatic carbocycles. The van der Waals surface area contributed by atoms with Crippen LogP contribution in [0.2, 0.25) is 10.0 Å². The second kappa shape index (κ2) is 7.97. The first-order valence-electron chi connectivity index (χ1n) is 7.66. The minimum atomic E-state index is -0.00760. The first kappa shape index (κ1) is 17.9. The highest BCUT2D eigenvalue weighted by Crippen LogP contribution is 2.30. The summed E-state index contributed by atoms with van der Waals surface area (Å²) in [5, 5.41) is 1.86. The summed E-state index contributed by atoms with van der Waals surface area (Å²) in [7, 11) is 0. The molecule has 126 valence electrons. The molecular weight excluding hydrogens is 386 g/mol. The van der Waals surface area contributed by atoms with Gasteiger partial charge in [-0.3, -0.25) is 4.99 Å². The van der Waals surface area contributed by atoms with E-state index >= 15 is 0 Å². The Hall–Kier alpha value is -0.930. The first-order valence-corrected chi connectivity index (χ1v) is 9.33. The van der Waals surface area contributed by atoms with Gasteiger partial charge in [0.05, 0.1) is 6.04 Å². The number of benzodiazepines with no additional fused rings is 1. The van der Waals surface area contributed by atoms with Crippen molar-refractivity contribution in [3.8, 4) is 0 Å². The SMILES string of the molecule is ClCCN1CC(Cc2ccccc2Cl)N=C(Cl)c2cc(Cl)ccc21. The molecule has 3 rings (SSSR count). The van der Waals surface area contributed by atoms with Crippen LogP contribution in [0.1, 0.15) is 11.1 Å². The lowest BCUT2D eigenvalue weighted by atomic mass is 10.1. The van der Waals surface area contributed by atoms with Crippen molar-refractivity contribution >= 4 is 57.3 Å². The topological polar surface area (TPSA) is 15.6 Å². The number of hydrogen-bond acceptors (Lipinski definition) is 2. The maximum Gasteiger partial charge on any atom is 0.133 e. The molecule has 0 spiro atoms. The molecule has 1 heterocycles. The molecule has 2 aromatic carbocycles. The van der Waals surface area contributed by atoms with Gasteiger partial charge in [-0.05, 0) is 36.2 Å². The Kier molecular flexibility index (Phi) is 5.93. The van der Waals surface area contributed by atoms with E-state index in [0.29, 0.717) is 16.1 Å². The third-order valence-corrected chi connectivity index (χ3v) is 5.09. The summed E-state index contributed by atoms with van der Waals surface area (Å²) in [5.41, 5.74) is 2.92. The molecule has 1 atom stereocenters. The van der Waals surface area contributed by atoms with E-state index in [1.807, 2.05) is 42.5 Å². The van der Waals surface area contributed by atoms with Gasteiger partial charge < -0.3 is 4.90 Å². The Morgan fingerprint density at radius 2 is 1.88 bits per heavy atom. The number of hydrogen-bond donors (Lipinski definition) is 0. The van der Waals surface area contributed by atoms with E-state index in [9.17, 15) is 0 Å². The minimum Gasteiger partial charge on any atom is -0.368 e. The molecule has 0 fully saturated rings. The van der Waals surface area contributed by atoms with Crippen molar-refractivity contribution in [1.82, 2.24) is 0 Å². The molecule has 1 unspecified atom stereocenters. The molecular formula is C18H16Cl4N2. The quantitative estimate of drug-likeness (QED) is 0.604. The number of nitrogens with zero attached hydrogens (tertiary/aromatic N) is 2. The van der Waals surface area contributed by atoms with Crippen LogP contribution >= 0.6 is 46.4 Å². The molecule has 2 nitrogen and oxygen atoms in total. The summed E-state index contributed by atoms with van der Waals surface area (Å²) in [5.74, 6) is 0.526. The fourth-order valence-corrected chi connectivity index (χ4v) is 3.79. The summed E-state index contributed by atoms with van der Waals surface area (Å²) < 4.78 is 0. The molecule has 0 saturated heterocycles. The third-order valence-electron chi connectivity index (χ3n) is 4.02. The summed E-state index contributed by atoms with van der Waals surface area (Å²) >= 11 is 24.9. The van der Waals surface area contributed by atoms with Crippen molar-refractivity contribution in [2.45, 2.75) is 12.5 Å². The summed E-state index contributed by atoms with van der Waals surface area (Å²) in [4.78, 5) is 6.91. The fourth-order valence-electron chi connectivity index (χ4n) is 2.91. The van der Waals surface area contributed by atoms with Crippen LogP contribution in [-0.4, -0.2) is 30.2 Å². The highest BCUT2D eigenvalue weighted by Gasteiger charge is 2.23. The van der Waals surface area contributed by atoms with E-state index in [4.69, 9.17) is 51.4 Å². The Bertz CT molecular complexity index is 760. The molecule has 0 aromatic heterocycles. The van der Waals surface area contributed by atoms with Crippen LogP contribution in [0.5, 0.6) is 0 Å². The lowest BCUT2D eigenvalue weighted by Gasteiger charge is -2.26. The number of fused-ring (bicyclic) bond motifs is 1. The third kappa shape index (κ3) is 4.00. The van der Waals surface area contributed by atoms with Crippen molar-refractivity contribution in [2.75, 3.05) is 23.9 Å². The van der Waals surface area contributed by atoms with Gasteiger partial charge in [-0.2, -0.15) is 0 Å². The van der Waals surface area contributed by atoms with Gasteiger partial charge in [-0.25, -0.2) is 0 Å². The largest absolute Gasteiger partial charge is 0.368 e. The van der Waals surface area contributed by atoms with Crippen LogP contribution in [0.3, 0.4) is 0 Å². The second-order valence-electron chi connectivity index (χ2n) is 5.67. The van der Waals surface area contributed by atoms with E-state index in [-0.39, 0.29) is 6.04 Å². The lowest BCUT2D eigenvalue weighted by molar-refractivity contribution is 0.646. The number of benzene rings is 2. The average molecular weight is 402 g/mol. The molecule has 2 aromatic rings. The average Bonchev–Trinajstić information content (AvgIpc) is 2.67. The molecule has 0 saturated carbocycles. The normalized spacial score (nSPS) is 17.2. The zero-order valence-electron chi connectivity index (χ0n) is 12.9. The first-order chi connectivity index (χ1) is 11.6. The van der Waals surface area contributed by atoms with Crippen molar-refractivity contribution in [3.63, 3.8) is 0 Å². The number of alkyl halides is 1. The molecule has 0 N–H and O–H groups in total. The fraction of sp³-hybridized carbons (Fsp3) is 0.278. The standard InChI is InChI=1S/C18H16Cl4N2/c19-7-8-24-11-14(9-12-3-1-2-4-16(12)21)23-18(22)15-10-13(20)5-6-17(15)24/h1-6,10,14H,7-9,11H2. The smallest absolute Gasteiger partial charge is 0.133 e. The molecule has 0 radical (unpaired) electrons. The van der Waals surface area contributed by atoms with Crippen LogP contribution in [0.25, 0.3) is 0 Å². The number of aliphatic imine (C=N–C) groups is 1. The van der Waals surface area contributed by atoms with Gasteiger partial charge in [0.2, 0.25) is 0 Å². The molecule has 24 heavy (non-hydrogen) atoms. The van der Waals surface area contributed by atoms with Crippen LogP contribution in [0, 0.1) is 0 Å². The van der Waals surface area contributed by atoms with Gasteiger partial charge >= 0.3 is 0 Å². The van der Waals surface area contributed by atoms with Crippen molar-refractivity contribution < 1.29 is 0 Å². The van der Waals surface area contributed by atoms with E-state index in [1.165, 1.54) is 0 Å². The predicted octanol–water partition coefficient (Wildman–Crippen LogP) is 5.65. The Labute approximate surface area is 162 Å². The molecule has 1 aliphatic rings. The Morgan fingerprint density at radius 3 is 2.62 bits per heavy atom.